The predicted octanol–water partition coefficient (Wildman–Crippen LogP) is 1.67. The summed E-state index contributed by atoms with van der Waals surface area (Å²) < 4.78 is 28.2. The first-order valence-electron chi connectivity index (χ1n) is 8.06. The van der Waals surface area contributed by atoms with E-state index in [1.54, 1.807) is 34.8 Å². The van der Waals surface area contributed by atoms with Crippen LogP contribution in [-0.4, -0.2) is 50.5 Å². The molecule has 25 heavy (non-hydrogen) atoms. The summed E-state index contributed by atoms with van der Waals surface area (Å²) in [7, 11) is -3.45. The molecular formula is C16H17N5O3S. The number of hydrogen-bond acceptors (Lipinski definition) is 6. The summed E-state index contributed by atoms with van der Waals surface area (Å²) in [5, 5.41) is 13.7. The summed E-state index contributed by atoms with van der Waals surface area (Å²) >= 11 is 0. The molecule has 1 N–H and O–H groups in total. The van der Waals surface area contributed by atoms with Gasteiger partial charge in [0.1, 0.15) is 6.33 Å². The number of benzene rings is 1. The highest BCUT2D eigenvalue weighted by Gasteiger charge is 2.25. The van der Waals surface area contributed by atoms with Crippen LogP contribution in [0.5, 0.6) is 6.01 Å². The van der Waals surface area contributed by atoms with Crippen molar-refractivity contribution in [3.05, 3.63) is 36.8 Å². The van der Waals surface area contributed by atoms with Crippen molar-refractivity contribution < 1.29 is 13.5 Å². The van der Waals surface area contributed by atoms with E-state index in [1.807, 2.05) is 0 Å². The van der Waals surface area contributed by atoms with Crippen LogP contribution in [0.1, 0.15) is 19.3 Å². The molecule has 4 rings (SSSR count). The molecule has 8 nitrogen and oxygen atoms in total. The largest absolute Gasteiger partial charge is 0.479 e. The van der Waals surface area contributed by atoms with Crippen molar-refractivity contribution in [2.75, 3.05) is 13.1 Å². The quantitative estimate of drug-likeness (QED) is 0.763. The van der Waals surface area contributed by atoms with Gasteiger partial charge >= 0.3 is 6.01 Å². The molecule has 9 heteroatoms. The molecule has 0 bridgehead atoms. The minimum atomic E-state index is -3.45. The van der Waals surface area contributed by atoms with Crippen LogP contribution in [0.15, 0.2) is 41.7 Å². The van der Waals surface area contributed by atoms with Crippen LogP contribution < -0.4 is 0 Å². The van der Waals surface area contributed by atoms with Gasteiger partial charge in [-0.05, 0) is 30.5 Å². The first-order valence-corrected chi connectivity index (χ1v) is 9.50. The van der Waals surface area contributed by atoms with Gasteiger partial charge in [-0.3, -0.25) is 0 Å². The van der Waals surface area contributed by atoms with E-state index in [2.05, 4.69) is 15.1 Å². The number of aromatic hydroxyl groups is 1. The Morgan fingerprint density at radius 1 is 1.00 bits per heavy atom. The zero-order valence-corrected chi connectivity index (χ0v) is 14.2. The Morgan fingerprint density at radius 3 is 2.44 bits per heavy atom. The molecular weight excluding hydrogens is 342 g/mol. The third kappa shape index (κ3) is 2.75. The van der Waals surface area contributed by atoms with Gasteiger partial charge in [-0.2, -0.15) is 18.9 Å². The fraction of sp³-hybridized carbons (Fsp3) is 0.312. The van der Waals surface area contributed by atoms with Crippen LogP contribution in [0.3, 0.4) is 0 Å². The zero-order chi connectivity index (χ0) is 17.4. The van der Waals surface area contributed by atoms with Gasteiger partial charge in [0.2, 0.25) is 10.0 Å². The Labute approximate surface area is 144 Å². The standard InChI is InChI=1S/C16H17N5O3S/c22-16-18-11-17-15-14(10-19-21(15)16)12-4-6-13(7-5-12)25(23,24)20-8-2-1-3-9-20/h4-7,10-11H,1-3,8-9H2,(H,17,18,22). The third-order valence-electron chi connectivity index (χ3n) is 4.40. The maximum atomic E-state index is 12.7. The van der Waals surface area contributed by atoms with Crippen LogP contribution in [0.4, 0.5) is 0 Å². The minimum absolute atomic E-state index is 0.249. The second-order valence-electron chi connectivity index (χ2n) is 5.96. The average molecular weight is 359 g/mol. The topological polar surface area (TPSA) is 101 Å². The predicted molar refractivity (Wildman–Crippen MR) is 90.5 cm³/mol. The Hall–Kier alpha value is -2.52. The summed E-state index contributed by atoms with van der Waals surface area (Å²) in [6.07, 6.45) is 5.71. The summed E-state index contributed by atoms with van der Waals surface area (Å²) in [5.41, 5.74) is 1.92. The van der Waals surface area contributed by atoms with Gasteiger partial charge in [-0.1, -0.05) is 18.6 Å². The summed E-state index contributed by atoms with van der Waals surface area (Å²) in [6, 6.07) is 6.41. The van der Waals surface area contributed by atoms with Crippen molar-refractivity contribution in [1.29, 1.82) is 0 Å². The second-order valence-corrected chi connectivity index (χ2v) is 7.89. The SMILES string of the molecule is O=S(=O)(c1ccc(-c2cnn3c(O)ncnc23)cc1)N1CCCCC1. The molecule has 0 unspecified atom stereocenters. The lowest BCUT2D eigenvalue weighted by atomic mass is 10.1. The minimum Gasteiger partial charge on any atom is -0.479 e. The molecule has 130 valence electrons. The number of piperidine rings is 1. The lowest BCUT2D eigenvalue weighted by Gasteiger charge is -2.25. The van der Waals surface area contributed by atoms with Crippen molar-refractivity contribution in [2.24, 2.45) is 0 Å². The summed E-state index contributed by atoms with van der Waals surface area (Å²) in [5.74, 6) is 0. The lowest BCUT2D eigenvalue weighted by molar-refractivity contribution is 0.346. The van der Waals surface area contributed by atoms with Crippen molar-refractivity contribution in [3.8, 4) is 17.1 Å². The highest BCUT2D eigenvalue weighted by Crippen LogP contribution is 2.27. The van der Waals surface area contributed by atoms with Gasteiger partial charge in [0, 0.05) is 18.7 Å². The zero-order valence-electron chi connectivity index (χ0n) is 13.4. The van der Waals surface area contributed by atoms with Crippen molar-refractivity contribution in [3.63, 3.8) is 0 Å². The monoisotopic (exact) mass is 359 g/mol. The van der Waals surface area contributed by atoms with Crippen molar-refractivity contribution in [1.82, 2.24) is 23.9 Å². The molecule has 0 amide bonds. The lowest BCUT2D eigenvalue weighted by Crippen LogP contribution is -2.35. The Bertz CT molecular complexity index is 1010. The molecule has 1 aliphatic rings. The van der Waals surface area contributed by atoms with Gasteiger partial charge < -0.3 is 5.11 Å². The maximum absolute atomic E-state index is 12.7. The van der Waals surface area contributed by atoms with Crippen LogP contribution in [-0.2, 0) is 10.0 Å². The van der Waals surface area contributed by atoms with E-state index in [9.17, 15) is 13.5 Å². The summed E-state index contributed by atoms with van der Waals surface area (Å²) in [4.78, 5) is 8.08. The Morgan fingerprint density at radius 2 is 1.72 bits per heavy atom. The highest BCUT2D eigenvalue weighted by atomic mass is 32.2. The normalized spacial score (nSPS) is 16.3. The summed E-state index contributed by atoms with van der Waals surface area (Å²) in [6.45, 7) is 1.16. The van der Waals surface area contributed by atoms with E-state index in [4.69, 9.17) is 0 Å². The molecule has 2 aromatic heterocycles. The molecule has 1 aromatic carbocycles. The number of rotatable bonds is 3. The van der Waals surface area contributed by atoms with Crippen molar-refractivity contribution >= 4 is 15.7 Å². The Kier molecular flexibility index (Phi) is 3.89. The number of sulfonamides is 1. The molecule has 0 saturated carbocycles. The van der Waals surface area contributed by atoms with E-state index in [0.29, 0.717) is 24.3 Å². The Balaban J connectivity index is 1.69. The fourth-order valence-corrected chi connectivity index (χ4v) is 4.58. The smallest absolute Gasteiger partial charge is 0.318 e. The number of hydrogen-bond donors (Lipinski definition) is 1. The number of fused-ring (bicyclic) bond motifs is 1. The number of nitrogens with zero attached hydrogens (tertiary/aromatic N) is 5. The first-order chi connectivity index (χ1) is 12.1. The molecule has 1 aliphatic heterocycles. The second kappa shape index (κ2) is 6.08. The molecule has 0 atom stereocenters. The van der Waals surface area contributed by atoms with Gasteiger partial charge in [0.25, 0.3) is 0 Å². The van der Waals surface area contributed by atoms with Crippen LogP contribution >= 0.6 is 0 Å². The molecule has 3 aromatic rings. The first kappa shape index (κ1) is 16.0. The van der Waals surface area contributed by atoms with Gasteiger partial charge in [-0.25, -0.2) is 13.4 Å². The third-order valence-corrected chi connectivity index (χ3v) is 6.32. The van der Waals surface area contributed by atoms with Crippen molar-refractivity contribution in [2.45, 2.75) is 24.2 Å². The van der Waals surface area contributed by atoms with Crippen LogP contribution in [0.25, 0.3) is 16.8 Å². The van der Waals surface area contributed by atoms with E-state index in [1.165, 1.54) is 10.8 Å². The van der Waals surface area contributed by atoms with Gasteiger partial charge in [-0.15, -0.1) is 0 Å². The average Bonchev–Trinajstić information content (AvgIpc) is 3.08. The molecule has 0 spiro atoms. The molecule has 1 fully saturated rings. The van der Waals surface area contributed by atoms with E-state index in [-0.39, 0.29) is 10.9 Å². The fourth-order valence-electron chi connectivity index (χ4n) is 3.07. The van der Waals surface area contributed by atoms with E-state index < -0.39 is 10.0 Å². The van der Waals surface area contributed by atoms with Crippen LogP contribution in [0, 0.1) is 0 Å². The van der Waals surface area contributed by atoms with Gasteiger partial charge in [0.15, 0.2) is 5.65 Å². The van der Waals surface area contributed by atoms with Gasteiger partial charge in [0.05, 0.1) is 11.1 Å². The van der Waals surface area contributed by atoms with E-state index in [0.717, 1.165) is 24.8 Å². The van der Waals surface area contributed by atoms with E-state index >= 15 is 0 Å². The molecule has 1 saturated heterocycles. The highest BCUT2D eigenvalue weighted by molar-refractivity contribution is 7.89. The molecule has 0 aliphatic carbocycles. The maximum Gasteiger partial charge on any atom is 0.318 e. The molecule has 0 radical (unpaired) electrons. The van der Waals surface area contributed by atoms with Crippen LogP contribution in [0.2, 0.25) is 0 Å². The molecule has 3 heterocycles. The number of aromatic nitrogens is 4.